The second-order valence-electron chi connectivity index (χ2n) is 5.71. The molecule has 0 aromatic heterocycles. The van der Waals surface area contributed by atoms with Crippen molar-refractivity contribution in [3.05, 3.63) is 17.7 Å². The van der Waals surface area contributed by atoms with E-state index < -0.39 is 0 Å². The molecular weight excluding hydrogens is 256 g/mol. The van der Waals surface area contributed by atoms with Crippen LogP contribution >= 0.6 is 0 Å². The number of ether oxygens (including phenoxy) is 2. The van der Waals surface area contributed by atoms with E-state index in [-0.39, 0.29) is 12.5 Å². The summed E-state index contributed by atoms with van der Waals surface area (Å²) in [5.41, 5.74) is 4.28. The molecule has 5 nitrogen and oxygen atoms in total. The van der Waals surface area contributed by atoms with Gasteiger partial charge >= 0.3 is 0 Å². The van der Waals surface area contributed by atoms with E-state index in [0.717, 1.165) is 5.56 Å². The molecular formula is C15H22N2O3. The first-order valence-electron chi connectivity index (χ1n) is 7.28. The van der Waals surface area contributed by atoms with Crippen LogP contribution in [0.15, 0.2) is 12.1 Å². The van der Waals surface area contributed by atoms with Crippen molar-refractivity contribution in [3.63, 3.8) is 0 Å². The Balaban J connectivity index is 1.69. The molecule has 2 heterocycles. The standard InChI is InChI=1S/C15H22N2O3/c1-10-4-3-5-11(2)17(10)16-8-12-6-14-15(7-13(12)18)20-9-19-14/h6-7,10-11,16,18H,3-5,8-9H2,1-2H3. The average molecular weight is 278 g/mol. The van der Waals surface area contributed by atoms with Gasteiger partial charge in [-0.05, 0) is 32.8 Å². The van der Waals surface area contributed by atoms with Crippen LogP contribution in [0.2, 0.25) is 0 Å². The van der Waals surface area contributed by atoms with Crippen molar-refractivity contribution in [3.8, 4) is 17.2 Å². The Hall–Kier alpha value is -1.46. The molecule has 1 saturated heterocycles. The van der Waals surface area contributed by atoms with E-state index >= 15 is 0 Å². The molecule has 0 bridgehead atoms. The first-order chi connectivity index (χ1) is 9.65. The smallest absolute Gasteiger partial charge is 0.231 e. The van der Waals surface area contributed by atoms with E-state index in [1.807, 2.05) is 6.07 Å². The van der Waals surface area contributed by atoms with Gasteiger partial charge in [-0.25, -0.2) is 5.01 Å². The summed E-state index contributed by atoms with van der Waals surface area (Å²) >= 11 is 0. The lowest BCUT2D eigenvalue weighted by molar-refractivity contribution is 0.0433. The maximum Gasteiger partial charge on any atom is 0.231 e. The number of rotatable bonds is 3. The number of piperidine rings is 1. The lowest BCUT2D eigenvalue weighted by atomic mass is 10.00. The number of hydrazine groups is 1. The zero-order chi connectivity index (χ0) is 14.1. The third-order valence-corrected chi connectivity index (χ3v) is 4.22. The highest BCUT2D eigenvalue weighted by molar-refractivity contribution is 5.51. The summed E-state index contributed by atoms with van der Waals surface area (Å²) in [6.45, 7) is 5.30. The van der Waals surface area contributed by atoms with E-state index in [0.29, 0.717) is 30.1 Å². The van der Waals surface area contributed by atoms with E-state index in [1.165, 1.54) is 19.3 Å². The van der Waals surface area contributed by atoms with Crippen molar-refractivity contribution < 1.29 is 14.6 Å². The van der Waals surface area contributed by atoms with E-state index in [9.17, 15) is 5.11 Å². The Labute approximate surface area is 119 Å². The van der Waals surface area contributed by atoms with Crippen LogP contribution in [0.4, 0.5) is 0 Å². The molecule has 2 unspecified atom stereocenters. The van der Waals surface area contributed by atoms with E-state index in [2.05, 4.69) is 24.3 Å². The van der Waals surface area contributed by atoms with Crippen molar-refractivity contribution in [2.45, 2.75) is 51.7 Å². The molecule has 0 radical (unpaired) electrons. The Bertz CT molecular complexity index is 482. The molecule has 20 heavy (non-hydrogen) atoms. The van der Waals surface area contributed by atoms with Crippen LogP contribution < -0.4 is 14.9 Å². The highest BCUT2D eigenvalue weighted by Gasteiger charge is 2.25. The lowest BCUT2D eigenvalue weighted by Gasteiger charge is -2.39. The lowest BCUT2D eigenvalue weighted by Crippen LogP contribution is -2.51. The molecule has 0 amide bonds. The molecule has 2 aliphatic rings. The number of nitrogens with zero attached hydrogens (tertiary/aromatic N) is 1. The van der Waals surface area contributed by atoms with Gasteiger partial charge in [-0.3, -0.25) is 5.43 Å². The summed E-state index contributed by atoms with van der Waals surface area (Å²) in [6.07, 6.45) is 3.71. The number of fused-ring (bicyclic) bond motifs is 1. The molecule has 3 rings (SSSR count). The molecule has 1 aromatic carbocycles. The molecule has 0 spiro atoms. The Morgan fingerprint density at radius 2 is 1.85 bits per heavy atom. The van der Waals surface area contributed by atoms with Crippen LogP contribution in [-0.2, 0) is 6.54 Å². The molecule has 5 heteroatoms. The number of phenols is 1. The Morgan fingerprint density at radius 1 is 1.20 bits per heavy atom. The molecule has 0 aliphatic carbocycles. The number of aromatic hydroxyl groups is 1. The van der Waals surface area contributed by atoms with Gasteiger partial charge in [0.05, 0.1) is 0 Å². The van der Waals surface area contributed by atoms with Crippen molar-refractivity contribution in [2.75, 3.05) is 6.79 Å². The Morgan fingerprint density at radius 3 is 2.55 bits per heavy atom. The van der Waals surface area contributed by atoms with Crippen LogP contribution in [0.5, 0.6) is 17.2 Å². The number of hydrogen-bond acceptors (Lipinski definition) is 5. The quantitative estimate of drug-likeness (QED) is 0.889. The van der Waals surface area contributed by atoms with E-state index in [1.54, 1.807) is 6.07 Å². The minimum absolute atomic E-state index is 0.228. The monoisotopic (exact) mass is 278 g/mol. The SMILES string of the molecule is CC1CCCC(C)N1NCc1cc2c(cc1O)OCO2. The van der Waals surface area contributed by atoms with Gasteiger partial charge in [-0.1, -0.05) is 6.42 Å². The summed E-state index contributed by atoms with van der Waals surface area (Å²) < 4.78 is 10.6. The third-order valence-electron chi connectivity index (χ3n) is 4.22. The normalized spacial score (nSPS) is 25.9. The third kappa shape index (κ3) is 2.55. The molecule has 2 N–H and O–H groups in total. The Kier molecular flexibility index (Phi) is 3.72. The van der Waals surface area contributed by atoms with Gasteiger partial charge in [-0.15, -0.1) is 0 Å². The zero-order valence-corrected chi connectivity index (χ0v) is 12.1. The molecule has 110 valence electrons. The number of phenolic OH excluding ortho intramolecular Hbond substituents is 1. The van der Waals surface area contributed by atoms with Crippen LogP contribution in [0, 0.1) is 0 Å². The maximum absolute atomic E-state index is 10.0. The average Bonchev–Trinajstić information content (AvgIpc) is 2.85. The van der Waals surface area contributed by atoms with Crippen LogP contribution in [0.25, 0.3) is 0 Å². The second kappa shape index (κ2) is 5.50. The summed E-state index contributed by atoms with van der Waals surface area (Å²) in [7, 11) is 0. The first-order valence-corrected chi connectivity index (χ1v) is 7.28. The topological polar surface area (TPSA) is 54.0 Å². The van der Waals surface area contributed by atoms with Gasteiger partial charge in [-0.2, -0.15) is 0 Å². The summed E-state index contributed by atoms with van der Waals surface area (Å²) in [5, 5.41) is 12.3. The highest BCUT2D eigenvalue weighted by atomic mass is 16.7. The second-order valence-corrected chi connectivity index (χ2v) is 5.71. The molecule has 1 fully saturated rings. The largest absolute Gasteiger partial charge is 0.507 e. The van der Waals surface area contributed by atoms with Crippen molar-refractivity contribution in [1.29, 1.82) is 0 Å². The van der Waals surface area contributed by atoms with Crippen molar-refractivity contribution in [1.82, 2.24) is 10.4 Å². The van der Waals surface area contributed by atoms with Gasteiger partial charge in [0.25, 0.3) is 0 Å². The van der Waals surface area contributed by atoms with Gasteiger partial charge in [0, 0.05) is 30.3 Å². The fourth-order valence-electron chi connectivity index (χ4n) is 3.02. The van der Waals surface area contributed by atoms with Crippen molar-refractivity contribution in [2.24, 2.45) is 0 Å². The minimum atomic E-state index is 0.228. The van der Waals surface area contributed by atoms with Crippen LogP contribution in [0.1, 0.15) is 38.7 Å². The van der Waals surface area contributed by atoms with Crippen LogP contribution in [0.3, 0.4) is 0 Å². The molecule has 2 atom stereocenters. The predicted molar refractivity (Wildman–Crippen MR) is 75.7 cm³/mol. The number of hydrogen-bond donors (Lipinski definition) is 2. The summed E-state index contributed by atoms with van der Waals surface area (Å²) in [4.78, 5) is 0. The number of nitrogens with one attached hydrogen (secondary N) is 1. The zero-order valence-electron chi connectivity index (χ0n) is 12.1. The maximum atomic E-state index is 10.0. The summed E-state index contributed by atoms with van der Waals surface area (Å²) in [6, 6.07) is 4.52. The van der Waals surface area contributed by atoms with Crippen LogP contribution in [-0.4, -0.2) is 29.0 Å². The first kappa shape index (κ1) is 13.5. The summed E-state index contributed by atoms with van der Waals surface area (Å²) in [5.74, 6) is 1.57. The van der Waals surface area contributed by atoms with E-state index in [4.69, 9.17) is 9.47 Å². The van der Waals surface area contributed by atoms with Gasteiger partial charge in [0.1, 0.15) is 5.75 Å². The molecule has 0 saturated carbocycles. The van der Waals surface area contributed by atoms with Gasteiger partial charge < -0.3 is 14.6 Å². The fraction of sp³-hybridized carbons (Fsp3) is 0.600. The predicted octanol–water partition coefficient (Wildman–Crippen LogP) is 2.39. The number of benzene rings is 1. The fourth-order valence-corrected chi connectivity index (χ4v) is 3.02. The van der Waals surface area contributed by atoms with Crippen molar-refractivity contribution >= 4 is 0 Å². The molecule has 2 aliphatic heterocycles. The molecule has 1 aromatic rings. The van der Waals surface area contributed by atoms with Gasteiger partial charge in [0.15, 0.2) is 11.5 Å². The van der Waals surface area contributed by atoms with Gasteiger partial charge in [0.2, 0.25) is 6.79 Å². The highest BCUT2D eigenvalue weighted by Crippen LogP contribution is 2.37. The minimum Gasteiger partial charge on any atom is -0.507 e.